The van der Waals surface area contributed by atoms with Gasteiger partial charge in [0.1, 0.15) is 5.54 Å². The molecule has 0 radical (unpaired) electrons. The monoisotopic (exact) mass is 289 g/mol. The van der Waals surface area contributed by atoms with E-state index < -0.39 is 5.54 Å². The van der Waals surface area contributed by atoms with Gasteiger partial charge >= 0.3 is 5.97 Å². The van der Waals surface area contributed by atoms with Gasteiger partial charge in [0.15, 0.2) is 0 Å². The highest BCUT2D eigenvalue weighted by molar-refractivity contribution is 5.80. The predicted octanol–water partition coefficient (Wildman–Crippen LogP) is 2.14. The SMILES string of the molecule is CCOC(=O)C(C)(CCCCOCCOC(C)C)NC. The van der Waals surface area contributed by atoms with Crippen LogP contribution in [-0.4, -0.2) is 51.1 Å². The van der Waals surface area contributed by atoms with Gasteiger partial charge in [-0.2, -0.15) is 0 Å². The molecule has 0 aromatic rings. The Balaban J connectivity index is 3.68. The lowest BCUT2D eigenvalue weighted by Crippen LogP contribution is -2.48. The Hall–Kier alpha value is -0.650. The Morgan fingerprint density at radius 2 is 1.90 bits per heavy atom. The molecule has 1 N–H and O–H groups in total. The van der Waals surface area contributed by atoms with Gasteiger partial charge in [-0.3, -0.25) is 4.79 Å². The van der Waals surface area contributed by atoms with Crippen LogP contribution in [0, 0.1) is 0 Å². The van der Waals surface area contributed by atoms with Crippen LogP contribution in [0.15, 0.2) is 0 Å². The standard InChI is InChI=1S/C15H31NO4/c1-6-19-14(17)15(4,16-5)9-7-8-10-18-11-12-20-13(2)3/h13,16H,6-12H2,1-5H3. The Kier molecular flexibility index (Phi) is 10.7. The summed E-state index contributed by atoms with van der Waals surface area (Å²) in [4.78, 5) is 11.8. The van der Waals surface area contributed by atoms with E-state index in [1.165, 1.54) is 0 Å². The first-order valence-corrected chi connectivity index (χ1v) is 7.51. The van der Waals surface area contributed by atoms with E-state index in [1.54, 1.807) is 7.05 Å². The zero-order valence-electron chi connectivity index (χ0n) is 13.7. The van der Waals surface area contributed by atoms with Crippen LogP contribution in [-0.2, 0) is 19.0 Å². The van der Waals surface area contributed by atoms with Gasteiger partial charge in [0.05, 0.1) is 25.9 Å². The molecular formula is C15H31NO4. The number of carbonyl (C=O) groups excluding carboxylic acids is 1. The normalized spacial score (nSPS) is 14.3. The fraction of sp³-hybridized carbons (Fsp3) is 0.933. The first-order chi connectivity index (χ1) is 9.46. The molecule has 0 saturated heterocycles. The van der Waals surface area contributed by atoms with Gasteiger partial charge in [0.25, 0.3) is 0 Å². The van der Waals surface area contributed by atoms with Crippen molar-refractivity contribution in [3.63, 3.8) is 0 Å². The number of likely N-dealkylation sites (N-methyl/N-ethyl adjacent to an activating group) is 1. The zero-order chi connectivity index (χ0) is 15.4. The molecule has 5 nitrogen and oxygen atoms in total. The van der Waals surface area contributed by atoms with Crippen molar-refractivity contribution in [1.29, 1.82) is 0 Å². The predicted molar refractivity (Wildman–Crippen MR) is 79.9 cm³/mol. The molecule has 0 fully saturated rings. The summed E-state index contributed by atoms with van der Waals surface area (Å²) in [7, 11) is 1.79. The number of carbonyl (C=O) groups is 1. The number of ether oxygens (including phenoxy) is 3. The van der Waals surface area contributed by atoms with Crippen LogP contribution >= 0.6 is 0 Å². The molecule has 0 amide bonds. The maximum absolute atomic E-state index is 11.8. The highest BCUT2D eigenvalue weighted by Crippen LogP contribution is 2.15. The van der Waals surface area contributed by atoms with E-state index in [1.807, 2.05) is 27.7 Å². The molecule has 1 unspecified atom stereocenters. The number of unbranched alkanes of at least 4 members (excludes halogenated alkanes) is 1. The third-order valence-electron chi connectivity index (χ3n) is 3.17. The Labute approximate surface area is 123 Å². The molecule has 20 heavy (non-hydrogen) atoms. The van der Waals surface area contributed by atoms with Gasteiger partial charge in [0, 0.05) is 6.61 Å². The molecule has 0 rings (SSSR count). The maximum Gasteiger partial charge on any atom is 0.326 e. The lowest BCUT2D eigenvalue weighted by Gasteiger charge is -2.26. The van der Waals surface area contributed by atoms with Crippen LogP contribution in [0.2, 0.25) is 0 Å². The minimum absolute atomic E-state index is 0.186. The summed E-state index contributed by atoms with van der Waals surface area (Å²) in [5.74, 6) is -0.186. The molecule has 0 aliphatic heterocycles. The van der Waals surface area contributed by atoms with Crippen molar-refractivity contribution in [1.82, 2.24) is 5.32 Å². The van der Waals surface area contributed by atoms with Crippen LogP contribution < -0.4 is 5.32 Å². The zero-order valence-corrected chi connectivity index (χ0v) is 13.7. The third-order valence-corrected chi connectivity index (χ3v) is 3.17. The maximum atomic E-state index is 11.8. The summed E-state index contributed by atoms with van der Waals surface area (Å²) >= 11 is 0. The first-order valence-electron chi connectivity index (χ1n) is 7.51. The average Bonchev–Trinajstić information content (AvgIpc) is 2.41. The second kappa shape index (κ2) is 11.1. The highest BCUT2D eigenvalue weighted by atomic mass is 16.5. The molecule has 5 heteroatoms. The molecule has 0 aliphatic carbocycles. The van der Waals surface area contributed by atoms with Crippen molar-refractivity contribution in [2.75, 3.05) is 33.5 Å². The fourth-order valence-electron chi connectivity index (χ4n) is 1.75. The van der Waals surface area contributed by atoms with Crippen LogP contribution in [0.3, 0.4) is 0 Å². The lowest BCUT2D eigenvalue weighted by atomic mass is 9.95. The van der Waals surface area contributed by atoms with E-state index in [0.29, 0.717) is 26.4 Å². The van der Waals surface area contributed by atoms with E-state index in [-0.39, 0.29) is 12.1 Å². The van der Waals surface area contributed by atoms with Crippen molar-refractivity contribution in [2.45, 2.75) is 58.6 Å². The summed E-state index contributed by atoms with van der Waals surface area (Å²) < 4.78 is 15.9. The molecule has 0 bridgehead atoms. The minimum Gasteiger partial charge on any atom is -0.465 e. The summed E-state index contributed by atoms with van der Waals surface area (Å²) in [5.41, 5.74) is -0.600. The third kappa shape index (κ3) is 8.51. The molecule has 1 atom stereocenters. The van der Waals surface area contributed by atoms with Crippen LogP contribution in [0.1, 0.15) is 47.0 Å². The Bertz CT molecular complexity index is 258. The Morgan fingerprint density at radius 1 is 1.20 bits per heavy atom. The fourth-order valence-corrected chi connectivity index (χ4v) is 1.75. The summed E-state index contributed by atoms with van der Waals surface area (Å²) in [6.07, 6.45) is 2.84. The minimum atomic E-state index is -0.600. The van der Waals surface area contributed by atoms with E-state index in [2.05, 4.69) is 5.32 Å². The summed E-state index contributed by atoms with van der Waals surface area (Å²) in [6, 6.07) is 0. The van der Waals surface area contributed by atoms with Gasteiger partial charge in [-0.15, -0.1) is 0 Å². The van der Waals surface area contributed by atoms with Gasteiger partial charge in [-0.25, -0.2) is 0 Å². The second-order valence-electron chi connectivity index (χ2n) is 5.29. The summed E-state index contributed by atoms with van der Waals surface area (Å²) in [6.45, 7) is 10.1. The number of rotatable bonds is 12. The molecule has 0 saturated carbocycles. The van der Waals surface area contributed by atoms with E-state index in [4.69, 9.17) is 14.2 Å². The first kappa shape index (κ1) is 19.4. The molecule has 0 aromatic heterocycles. The largest absolute Gasteiger partial charge is 0.465 e. The number of hydrogen-bond acceptors (Lipinski definition) is 5. The van der Waals surface area contributed by atoms with Crippen LogP contribution in [0.4, 0.5) is 0 Å². The number of hydrogen-bond donors (Lipinski definition) is 1. The smallest absolute Gasteiger partial charge is 0.326 e. The van der Waals surface area contributed by atoms with E-state index in [9.17, 15) is 4.79 Å². The number of esters is 1. The van der Waals surface area contributed by atoms with Gasteiger partial charge < -0.3 is 19.5 Å². The lowest BCUT2D eigenvalue weighted by molar-refractivity contribution is -0.150. The van der Waals surface area contributed by atoms with Gasteiger partial charge in [-0.05, 0) is 54.0 Å². The molecular weight excluding hydrogens is 258 g/mol. The van der Waals surface area contributed by atoms with Crippen molar-refractivity contribution >= 4 is 5.97 Å². The van der Waals surface area contributed by atoms with Gasteiger partial charge in [0.2, 0.25) is 0 Å². The number of nitrogens with one attached hydrogen (secondary N) is 1. The Morgan fingerprint density at radius 3 is 2.45 bits per heavy atom. The van der Waals surface area contributed by atoms with Gasteiger partial charge in [-0.1, -0.05) is 0 Å². The van der Waals surface area contributed by atoms with Crippen molar-refractivity contribution in [3.8, 4) is 0 Å². The topological polar surface area (TPSA) is 56.8 Å². The van der Waals surface area contributed by atoms with Crippen molar-refractivity contribution in [3.05, 3.63) is 0 Å². The molecule has 0 heterocycles. The quantitative estimate of drug-likeness (QED) is 0.440. The van der Waals surface area contributed by atoms with Crippen LogP contribution in [0.25, 0.3) is 0 Å². The molecule has 0 spiro atoms. The highest BCUT2D eigenvalue weighted by Gasteiger charge is 2.32. The van der Waals surface area contributed by atoms with E-state index in [0.717, 1.165) is 19.3 Å². The van der Waals surface area contributed by atoms with Crippen molar-refractivity contribution < 1.29 is 19.0 Å². The molecule has 0 aliphatic rings. The average molecular weight is 289 g/mol. The molecule has 120 valence electrons. The second-order valence-corrected chi connectivity index (χ2v) is 5.29. The molecule has 0 aromatic carbocycles. The summed E-state index contributed by atoms with van der Waals surface area (Å²) in [5, 5.41) is 3.05. The van der Waals surface area contributed by atoms with Crippen molar-refractivity contribution in [2.24, 2.45) is 0 Å². The van der Waals surface area contributed by atoms with Crippen LogP contribution in [0.5, 0.6) is 0 Å². The van der Waals surface area contributed by atoms with E-state index >= 15 is 0 Å².